The van der Waals surface area contributed by atoms with Crippen LogP contribution in [0.2, 0.25) is 0 Å². The number of aryl methyl sites for hydroxylation is 1. The average Bonchev–Trinajstić information content (AvgIpc) is 2.69. The quantitative estimate of drug-likeness (QED) is 0.671. The van der Waals surface area contributed by atoms with Crippen LogP contribution in [-0.2, 0) is 16.1 Å². The van der Waals surface area contributed by atoms with Gasteiger partial charge in [-0.3, -0.25) is 20.2 Å². The standard InChI is InChI=1S/C12H14N2O5/c1-6-8(12(17)18)4-7(19-6)5-13-9-2-3-10(15)14-11(9)16/h4,9,13H,2-3,5H2,1H3,(H,17,18)(H,14,15,16). The van der Waals surface area contributed by atoms with E-state index >= 15 is 0 Å². The number of hydrogen-bond acceptors (Lipinski definition) is 5. The number of carbonyl (C=O) groups excluding carboxylic acids is 2. The summed E-state index contributed by atoms with van der Waals surface area (Å²) in [6.07, 6.45) is 0.719. The van der Waals surface area contributed by atoms with Gasteiger partial charge in [0.1, 0.15) is 17.1 Å². The van der Waals surface area contributed by atoms with Crippen LogP contribution in [0.4, 0.5) is 0 Å². The molecule has 2 heterocycles. The number of amides is 2. The molecule has 1 aliphatic rings. The molecule has 2 rings (SSSR count). The van der Waals surface area contributed by atoms with E-state index in [0.717, 1.165) is 0 Å². The highest BCUT2D eigenvalue weighted by Gasteiger charge is 2.26. The summed E-state index contributed by atoms with van der Waals surface area (Å²) in [5, 5.41) is 14.1. The maximum absolute atomic E-state index is 11.5. The molecule has 1 unspecified atom stereocenters. The number of aromatic carboxylic acids is 1. The summed E-state index contributed by atoms with van der Waals surface area (Å²) in [6.45, 7) is 1.80. The Balaban J connectivity index is 1.95. The van der Waals surface area contributed by atoms with Crippen LogP contribution < -0.4 is 10.6 Å². The van der Waals surface area contributed by atoms with Crippen molar-refractivity contribution < 1.29 is 23.9 Å². The van der Waals surface area contributed by atoms with E-state index in [4.69, 9.17) is 9.52 Å². The second-order valence-electron chi connectivity index (χ2n) is 4.37. The van der Waals surface area contributed by atoms with Gasteiger partial charge in [0.05, 0.1) is 12.6 Å². The van der Waals surface area contributed by atoms with E-state index in [-0.39, 0.29) is 23.9 Å². The minimum atomic E-state index is -1.05. The monoisotopic (exact) mass is 266 g/mol. The topological polar surface area (TPSA) is 109 Å². The molecule has 102 valence electrons. The molecule has 0 aromatic carbocycles. The Bertz CT molecular complexity index is 534. The van der Waals surface area contributed by atoms with Gasteiger partial charge in [-0.2, -0.15) is 0 Å². The Morgan fingerprint density at radius 3 is 2.89 bits per heavy atom. The van der Waals surface area contributed by atoms with Crippen LogP contribution in [0.5, 0.6) is 0 Å². The van der Waals surface area contributed by atoms with Crippen molar-refractivity contribution in [2.75, 3.05) is 0 Å². The fourth-order valence-electron chi connectivity index (χ4n) is 1.96. The number of rotatable bonds is 4. The molecule has 0 saturated carbocycles. The predicted molar refractivity (Wildman–Crippen MR) is 63.4 cm³/mol. The highest BCUT2D eigenvalue weighted by Crippen LogP contribution is 2.15. The zero-order chi connectivity index (χ0) is 14.0. The normalized spacial score (nSPS) is 19.3. The van der Waals surface area contributed by atoms with Gasteiger partial charge in [-0.15, -0.1) is 0 Å². The molecule has 7 nitrogen and oxygen atoms in total. The molecule has 0 aliphatic carbocycles. The molecule has 0 radical (unpaired) electrons. The molecule has 1 atom stereocenters. The molecule has 0 spiro atoms. The van der Waals surface area contributed by atoms with Gasteiger partial charge in [-0.1, -0.05) is 0 Å². The Kier molecular flexibility index (Phi) is 3.66. The van der Waals surface area contributed by atoms with E-state index in [1.165, 1.54) is 6.07 Å². The molecule has 3 N–H and O–H groups in total. The molecule has 19 heavy (non-hydrogen) atoms. The molecule has 1 aromatic rings. The first-order valence-corrected chi connectivity index (χ1v) is 5.87. The van der Waals surface area contributed by atoms with Gasteiger partial charge in [0.2, 0.25) is 11.8 Å². The lowest BCUT2D eigenvalue weighted by molar-refractivity contribution is -0.134. The highest BCUT2D eigenvalue weighted by atomic mass is 16.4. The second-order valence-corrected chi connectivity index (χ2v) is 4.37. The molecule has 1 aromatic heterocycles. The summed E-state index contributed by atoms with van der Waals surface area (Å²) in [6, 6.07) is 0.965. The van der Waals surface area contributed by atoms with Gasteiger partial charge >= 0.3 is 5.97 Å². The van der Waals surface area contributed by atoms with Crippen LogP contribution >= 0.6 is 0 Å². The lowest BCUT2D eigenvalue weighted by Gasteiger charge is -2.21. The molecule has 1 fully saturated rings. The largest absolute Gasteiger partial charge is 0.478 e. The lowest BCUT2D eigenvalue weighted by Crippen LogP contribution is -2.50. The van der Waals surface area contributed by atoms with Crippen molar-refractivity contribution in [3.63, 3.8) is 0 Å². The first-order valence-electron chi connectivity index (χ1n) is 5.87. The van der Waals surface area contributed by atoms with E-state index in [1.54, 1.807) is 6.92 Å². The maximum atomic E-state index is 11.5. The van der Waals surface area contributed by atoms with E-state index in [9.17, 15) is 14.4 Å². The van der Waals surface area contributed by atoms with Crippen molar-refractivity contribution in [1.82, 2.24) is 10.6 Å². The third-order valence-electron chi connectivity index (χ3n) is 2.96. The molecule has 1 aliphatic heterocycles. The van der Waals surface area contributed by atoms with Crippen LogP contribution in [0.25, 0.3) is 0 Å². The van der Waals surface area contributed by atoms with Crippen LogP contribution in [-0.4, -0.2) is 28.9 Å². The second kappa shape index (κ2) is 5.23. The van der Waals surface area contributed by atoms with E-state index in [1.807, 2.05) is 0 Å². The Hall–Kier alpha value is -2.15. The summed E-state index contributed by atoms with van der Waals surface area (Å²) in [4.78, 5) is 33.3. The summed E-state index contributed by atoms with van der Waals surface area (Å²) in [7, 11) is 0. The number of imide groups is 1. The van der Waals surface area contributed by atoms with E-state index in [2.05, 4.69) is 10.6 Å². The minimum Gasteiger partial charge on any atom is -0.478 e. The minimum absolute atomic E-state index is 0.111. The zero-order valence-electron chi connectivity index (χ0n) is 10.4. The van der Waals surface area contributed by atoms with Crippen molar-refractivity contribution in [1.29, 1.82) is 0 Å². The van der Waals surface area contributed by atoms with Crippen LogP contribution in [0.1, 0.15) is 34.7 Å². The average molecular weight is 266 g/mol. The number of carboxylic acids is 1. The number of furan rings is 1. The Morgan fingerprint density at radius 1 is 1.58 bits per heavy atom. The summed E-state index contributed by atoms with van der Waals surface area (Å²) in [5.41, 5.74) is 0.111. The smallest absolute Gasteiger partial charge is 0.339 e. The van der Waals surface area contributed by atoms with Crippen molar-refractivity contribution >= 4 is 17.8 Å². The number of hydrogen-bond donors (Lipinski definition) is 3. The van der Waals surface area contributed by atoms with Gasteiger partial charge in [-0.05, 0) is 19.4 Å². The Labute approximate surface area is 109 Å². The number of carboxylic acid groups (broad SMARTS) is 1. The number of carbonyl (C=O) groups is 3. The third kappa shape index (κ3) is 3.00. The molecular formula is C12H14N2O5. The molecule has 0 bridgehead atoms. The van der Waals surface area contributed by atoms with E-state index < -0.39 is 12.0 Å². The molecule has 1 saturated heterocycles. The van der Waals surface area contributed by atoms with Crippen LogP contribution in [0, 0.1) is 6.92 Å². The van der Waals surface area contributed by atoms with Crippen molar-refractivity contribution in [2.24, 2.45) is 0 Å². The van der Waals surface area contributed by atoms with Gasteiger partial charge in [0.15, 0.2) is 0 Å². The van der Waals surface area contributed by atoms with Gasteiger partial charge in [0.25, 0.3) is 0 Å². The van der Waals surface area contributed by atoms with Crippen molar-refractivity contribution in [3.8, 4) is 0 Å². The zero-order valence-corrected chi connectivity index (χ0v) is 10.4. The van der Waals surface area contributed by atoms with Crippen molar-refractivity contribution in [3.05, 3.63) is 23.2 Å². The van der Waals surface area contributed by atoms with Crippen molar-refractivity contribution in [2.45, 2.75) is 32.4 Å². The summed E-state index contributed by atoms with van der Waals surface area (Å²) < 4.78 is 5.28. The van der Waals surface area contributed by atoms with Crippen LogP contribution in [0.3, 0.4) is 0 Å². The fraction of sp³-hybridized carbons (Fsp3) is 0.417. The maximum Gasteiger partial charge on any atom is 0.339 e. The Morgan fingerprint density at radius 2 is 2.32 bits per heavy atom. The summed E-state index contributed by atoms with van der Waals surface area (Å²) >= 11 is 0. The molecular weight excluding hydrogens is 252 g/mol. The highest BCUT2D eigenvalue weighted by molar-refractivity contribution is 6.00. The molecule has 7 heteroatoms. The first kappa shape index (κ1) is 13.3. The van der Waals surface area contributed by atoms with E-state index in [0.29, 0.717) is 24.4 Å². The third-order valence-corrected chi connectivity index (χ3v) is 2.96. The predicted octanol–water partition coefficient (Wildman–Crippen LogP) is 0.181. The number of nitrogens with one attached hydrogen (secondary N) is 2. The molecule has 2 amide bonds. The lowest BCUT2D eigenvalue weighted by atomic mass is 10.1. The SMILES string of the molecule is Cc1oc(CNC2CCC(=O)NC2=O)cc1C(=O)O. The first-order chi connectivity index (χ1) is 8.97. The van der Waals surface area contributed by atoms with Gasteiger partial charge in [-0.25, -0.2) is 4.79 Å². The van der Waals surface area contributed by atoms with Gasteiger partial charge in [0, 0.05) is 6.42 Å². The van der Waals surface area contributed by atoms with Gasteiger partial charge < -0.3 is 9.52 Å². The summed E-state index contributed by atoms with van der Waals surface area (Å²) in [5.74, 6) is -0.913. The fourth-order valence-corrected chi connectivity index (χ4v) is 1.96. The van der Waals surface area contributed by atoms with Crippen LogP contribution in [0.15, 0.2) is 10.5 Å². The number of piperidine rings is 1.